The van der Waals surface area contributed by atoms with Crippen LogP contribution in [0.2, 0.25) is 0 Å². The van der Waals surface area contributed by atoms with E-state index in [0.29, 0.717) is 12.0 Å². The SMILES string of the molecule is Cc1cc(C)cc(CC(N)c2ccncc2F)c1. The van der Waals surface area contributed by atoms with E-state index in [0.717, 1.165) is 5.56 Å². The maximum atomic E-state index is 13.6. The number of rotatable bonds is 3. The predicted molar refractivity (Wildman–Crippen MR) is 70.7 cm³/mol. The molecule has 0 saturated carbocycles. The molecule has 0 fully saturated rings. The second-order valence-electron chi connectivity index (χ2n) is 4.70. The smallest absolute Gasteiger partial charge is 0.146 e. The summed E-state index contributed by atoms with van der Waals surface area (Å²) in [7, 11) is 0. The summed E-state index contributed by atoms with van der Waals surface area (Å²) in [6.45, 7) is 4.10. The van der Waals surface area contributed by atoms with Crippen molar-refractivity contribution in [2.45, 2.75) is 26.3 Å². The fraction of sp³-hybridized carbons (Fsp3) is 0.267. The number of halogens is 1. The van der Waals surface area contributed by atoms with Gasteiger partial charge in [0.25, 0.3) is 0 Å². The molecule has 2 aromatic rings. The van der Waals surface area contributed by atoms with Crippen molar-refractivity contribution in [2.75, 3.05) is 0 Å². The topological polar surface area (TPSA) is 38.9 Å². The van der Waals surface area contributed by atoms with Gasteiger partial charge in [-0.05, 0) is 31.9 Å². The van der Waals surface area contributed by atoms with Crippen molar-refractivity contribution in [3.8, 4) is 0 Å². The lowest BCUT2D eigenvalue weighted by molar-refractivity contribution is 0.574. The molecule has 1 unspecified atom stereocenters. The molecule has 3 heteroatoms. The van der Waals surface area contributed by atoms with Crippen LogP contribution in [-0.4, -0.2) is 4.98 Å². The number of hydrogen-bond acceptors (Lipinski definition) is 2. The molecule has 0 saturated heterocycles. The maximum absolute atomic E-state index is 13.6. The van der Waals surface area contributed by atoms with Gasteiger partial charge < -0.3 is 5.73 Å². The first-order valence-corrected chi connectivity index (χ1v) is 5.98. The number of benzene rings is 1. The first kappa shape index (κ1) is 12.7. The zero-order valence-corrected chi connectivity index (χ0v) is 10.7. The molecule has 0 spiro atoms. The monoisotopic (exact) mass is 244 g/mol. The van der Waals surface area contributed by atoms with Crippen molar-refractivity contribution in [1.82, 2.24) is 4.98 Å². The Bertz CT molecular complexity index is 532. The molecule has 0 amide bonds. The van der Waals surface area contributed by atoms with Gasteiger partial charge in [-0.25, -0.2) is 4.39 Å². The molecule has 1 aromatic heterocycles. The van der Waals surface area contributed by atoms with E-state index in [9.17, 15) is 4.39 Å². The van der Waals surface area contributed by atoms with E-state index in [2.05, 4.69) is 37.0 Å². The average molecular weight is 244 g/mol. The van der Waals surface area contributed by atoms with E-state index < -0.39 is 0 Å². The molecule has 0 aliphatic carbocycles. The van der Waals surface area contributed by atoms with Crippen LogP contribution in [-0.2, 0) is 6.42 Å². The minimum Gasteiger partial charge on any atom is -0.324 e. The minimum atomic E-state index is -0.339. The van der Waals surface area contributed by atoms with E-state index in [1.807, 2.05) is 0 Å². The first-order chi connectivity index (χ1) is 8.56. The molecule has 0 aliphatic heterocycles. The maximum Gasteiger partial charge on any atom is 0.146 e. The lowest BCUT2D eigenvalue weighted by atomic mass is 9.97. The van der Waals surface area contributed by atoms with Crippen LogP contribution in [0, 0.1) is 19.7 Å². The number of nitrogens with zero attached hydrogens (tertiary/aromatic N) is 1. The molecule has 94 valence electrons. The molecule has 18 heavy (non-hydrogen) atoms. The molecule has 0 radical (unpaired) electrons. The fourth-order valence-electron chi connectivity index (χ4n) is 2.24. The number of hydrogen-bond donors (Lipinski definition) is 1. The molecule has 1 heterocycles. The summed E-state index contributed by atoms with van der Waals surface area (Å²) in [6, 6.07) is 7.59. The van der Waals surface area contributed by atoms with Gasteiger partial charge >= 0.3 is 0 Å². The normalized spacial score (nSPS) is 12.4. The van der Waals surface area contributed by atoms with Gasteiger partial charge in [0.05, 0.1) is 6.20 Å². The van der Waals surface area contributed by atoms with Crippen LogP contribution < -0.4 is 5.73 Å². The molecular weight excluding hydrogens is 227 g/mol. The first-order valence-electron chi connectivity index (χ1n) is 5.98. The van der Waals surface area contributed by atoms with Crippen molar-refractivity contribution < 1.29 is 4.39 Å². The van der Waals surface area contributed by atoms with Crippen molar-refractivity contribution in [2.24, 2.45) is 5.73 Å². The zero-order valence-electron chi connectivity index (χ0n) is 10.7. The third kappa shape index (κ3) is 2.93. The van der Waals surface area contributed by atoms with Crippen molar-refractivity contribution >= 4 is 0 Å². The second-order valence-corrected chi connectivity index (χ2v) is 4.70. The Hall–Kier alpha value is -1.74. The van der Waals surface area contributed by atoms with Crippen LogP contribution in [0.15, 0.2) is 36.7 Å². The summed E-state index contributed by atoms with van der Waals surface area (Å²) < 4.78 is 13.6. The third-order valence-corrected chi connectivity index (χ3v) is 2.94. The molecule has 2 N–H and O–H groups in total. The van der Waals surface area contributed by atoms with Gasteiger partial charge in [0.2, 0.25) is 0 Å². The largest absolute Gasteiger partial charge is 0.324 e. The predicted octanol–water partition coefficient (Wildman–Crippen LogP) is 3.08. The van der Waals surface area contributed by atoms with Gasteiger partial charge in [-0.1, -0.05) is 29.3 Å². The van der Waals surface area contributed by atoms with Crippen LogP contribution in [0.3, 0.4) is 0 Å². The van der Waals surface area contributed by atoms with Crippen LogP contribution >= 0.6 is 0 Å². The van der Waals surface area contributed by atoms with Crippen LogP contribution in [0.4, 0.5) is 4.39 Å². The van der Waals surface area contributed by atoms with E-state index in [1.54, 1.807) is 12.3 Å². The lowest BCUT2D eigenvalue weighted by Crippen LogP contribution is -2.15. The van der Waals surface area contributed by atoms with Crippen LogP contribution in [0.1, 0.15) is 28.3 Å². The molecule has 2 nitrogen and oxygen atoms in total. The quantitative estimate of drug-likeness (QED) is 0.901. The zero-order chi connectivity index (χ0) is 13.1. The Kier molecular flexibility index (Phi) is 3.72. The minimum absolute atomic E-state index is 0.339. The third-order valence-electron chi connectivity index (χ3n) is 2.94. The highest BCUT2D eigenvalue weighted by atomic mass is 19.1. The Morgan fingerprint density at radius 2 is 1.89 bits per heavy atom. The molecule has 0 aliphatic rings. The van der Waals surface area contributed by atoms with E-state index in [1.165, 1.54) is 17.3 Å². The van der Waals surface area contributed by atoms with Gasteiger partial charge in [-0.3, -0.25) is 4.98 Å². The Labute approximate surface area is 107 Å². The fourth-order valence-corrected chi connectivity index (χ4v) is 2.24. The van der Waals surface area contributed by atoms with E-state index >= 15 is 0 Å². The second kappa shape index (κ2) is 5.27. The highest BCUT2D eigenvalue weighted by Gasteiger charge is 2.12. The summed E-state index contributed by atoms with van der Waals surface area (Å²) >= 11 is 0. The van der Waals surface area contributed by atoms with Gasteiger partial charge in [0.1, 0.15) is 5.82 Å². The summed E-state index contributed by atoms with van der Waals surface area (Å²) in [5.41, 5.74) is 10.1. The number of aromatic nitrogens is 1. The molecule has 2 rings (SSSR count). The van der Waals surface area contributed by atoms with Gasteiger partial charge in [-0.2, -0.15) is 0 Å². The number of aryl methyl sites for hydroxylation is 2. The molecule has 1 aromatic carbocycles. The lowest BCUT2D eigenvalue weighted by Gasteiger charge is -2.13. The molecular formula is C15H17FN2. The summed E-state index contributed by atoms with van der Waals surface area (Å²) in [4.78, 5) is 3.73. The van der Waals surface area contributed by atoms with Crippen LogP contribution in [0.5, 0.6) is 0 Å². The van der Waals surface area contributed by atoms with E-state index in [-0.39, 0.29) is 11.9 Å². The van der Waals surface area contributed by atoms with Crippen molar-refractivity contribution in [1.29, 1.82) is 0 Å². The van der Waals surface area contributed by atoms with Crippen LogP contribution in [0.25, 0.3) is 0 Å². The highest BCUT2D eigenvalue weighted by Crippen LogP contribution is 2.19. The van der Waals surface area contributed by atoms with Gasteiger partial charge in [-0.15, -0.1) is 0 Å². The van der Waals surface area contributed by atoms with Gasteiger partial charge in [0.15, 0.2) is 0 Å². The summed E-state index contributed by atoms with van der Waals surface area (Å²) in [6.07, 6.45) is 3.40. The van der Waals surface area contributed by atoms with Gasteiger partial charge in [0, 0.05) is 17.8 Å². The summed E-state index contributed by atoms with van der Waals surface area (Å²) in [5.74, 6) is -0.339. The Balaban J connectivity index is 2.21. The Morgan fingerprint density at radius 3 is 2.50 bits per heavy atom. The van der Waals surface area contributed by atoms with Crippen molar-refractivity contribution in [3.05, 3.63) is 64.7 Å². The molecule has 1 atom stereocenters. The Morgan fingerprint density at radius 1 is 1.22 bits per heavy atom. The number of nitrogens with two attached hydrogens (primary N) is 1. The standard InChI is InChI=1S/C15H17FN2/c1-10-5-11(2)7-12(6-10)8-15(17)13-3-4-18-9-14(13)16/h3-7,9,15H,8,17H2,1-2H3. The average Bonchev–Trinajstić information content (AvgIpc) is 2.27. The van der Waals surface area contributed by atoms with E-state index in [4.69, 9.17) is 5.73 Å². The molecule has 0 bridgehead atoms. The van der Waals surface area contributed by atoms with Crippen molar-refractivity contribution in [3.63, 3.8) is 0 Å². The summed E-state index contributed by atoms with van der Waals surface area (Å²) in [5, 5.41) is 0. The number of pyridine rings is 1. The highest BCUT2D eigenvalue weighted by molar-refractivity contribution is 5.30.